The minimum absolute atomic E-state index is 0.0543. The molecule has 8 heterocycles. The van der Waals surface area contributed by atoms with E-state index in [-0.39, 0.29) is 35.0 Å². The first-order valence-electron chi connectivity index (χ1n) is 19.0. The fraction of sp³-hybridized carbons (Fsp3) is 0.410. The Morgan fingerprint density at radius 1 is 0.804 bits per heavy atom. The monoisotopic (exact) mass is 804 g/mol. The van der Waals surface area contributed by atoms with Gasteiger partial charge in [-0.1, -0.05) is 44.0 Å². The van der Waals surface area contributed by atoms with E-state index in [0.29, 0.717) is 45.1 Å². The van der Waals surface area contributed by atoms with Gasteiger partial charge in [0.15, 0.2) is 34.9 Å². The number of carbonyl (C=O) groups excluding carboxylic acids is 1. The van der Waals surface area contributed by atoms with Gasteiger partial charge in [0.2, 0.25) is 5.91 Å². The van der Waals surface area contributed by atoms with Crippen LogP contribution < -0.4 is 16.0 Å². The third-order valence-corrected chi connectivity index (χ3v) is 10.6. The van der Waals surface area contributed by atoms with E-state index in [1.165, 1.54) is 12.4 Å². The molecule has 1 amide bonds. The smallest absolute Gasteiger partial charge is 0.228 e. The maximum Gasteiger partial charge on any atom is 0.228 e. The molecule has 0 bridgehead atoms. The fourth-order valence-electron chi connectivity index (χ4n) is 6.95. The van der Waals surface area contributed by atoms with Crippen LogP contribution in [0.1, 0.15) is 59.3 Å². The van der Waals surface area contributed by atoms with E-state index in [1.807, 2.05) is 25.7 Å². The lowest BCUT2D eigenvalue weighted by Crippen LogP contribution is -2.47. The van der Waals surface area contributed by atoms with Gasteiger partial charge in [-0.2, -0.15) is 0 Å². The van der Waals surface area contributed by atoms with Gasteiger partial charge in [-0.05, 0) is 57.2 Å². The van der Waals surface area contributed by atoms with Crippen molar-refractivity contribution in [3.63, 3.8) is 0 Å². The highest BCUT2D eigenvalue weighted by Gasteiger charge is 2.47. The molecule has 13 nitrogen and oxygen atoms in total. The number of fused-ring (bicyclic) bond motifs is 2. The molecule has 9 rings (SSSR count). The number of anilines is 2. The molecule has 3 fully saturated rings. The van der Waals surface area contributed by atoms with Crippen molar-refractivity contribution in [1.29, 1.82) is 0 Å². The summed E-state index contributed by atoms with van der Waals surface area (Å²) in [6, 6.07) is 3.68. The van der Waals surface area contributed by atoms with E-state index < -0.39 is 11.6 Å². The lowest BCUT2D eigenvalue weighted by atomic mass is 10.0. The van der Waals surface area contributed by atoms with Crippen LogP contribution in [0.5, 0.6) is 0 Å². The molecule has 0 spiro atoms. The van der Waals surface area contributed by atoms with Crippen molar-refractivity contribution in [3.8, 4) is 22.8 Å². The number of nitrogens with one attached hydrogen (secondary N) is 5. The number of nitrogens with zero attached hydrogens (tertiary/aromatic N) is 7. The van der Waals surface area contributed by atoms with Gasteiger partial charge < -0.3 is 30.8 Å². The molecular weight excluding hydrogens is 761 g/mol. The molecule has 5 N–H and O–H groups in total. The Labute approximate surface area is 332 Å². The van der Waals surface area contributed by atoms with Gasteiger partial charge in [0.1, 0.15) is 11.3 Å². The first-order valence-corrected chi connectivity index (χ1v) is 19.7. The molecule has 0 unspecified atom stereocenters. The first kappa shape index (κ1) is 39.3. The zero-order chi connectivity index (χ0) is 39.4. The van der Waals surface area contributed by atoms with Crippen molar-refractivity contribution in [1.82, 2.24) is 50.1 Å². The Morgan fingerprint density at radius 2 is 1.34 bits per heavy atom. The summed E-state index contributed by atoms with van der Waals surface area (Å²) in [4.78, 5) is 46.2. The van der Waals surface area contributed by atoms with Gasteiger partial charge in [0.05, 0.1) is 22.4 Å². The van der Waals surface area contributed by atoms with Crippen molar-refractivity contribution < 1.29 is 13.6 Å². The Balaban J connectivity index is 0.000000168. The number of hydrogen-bond acceptors (Lipinski definition) is 10. The number of rotatable bonds is 7. The largest absolute Gasteiger partial charge is 0.364 e. The predicted octanol–water partition coefficient (Wildman–Crippen LogP) is 8.02. The van der Waals surface area contributed by atoms with E-state index in [9.17, 15) is 13.6 Å². The highest BCUT2D eigenvalue weighted by Crippen LogP contribution is 2.47. The molecule has 6 aromatic heterocycles. The number of halogens is 4. The molecule has 3 aliphatic rings. The van der Waals surface area contributed by atoms with Crippen molar-refractivity contribution in [2.24, 2.45) is 5.41 Å². The zero-order valence-corrected chi connectivity index (χ0v) is 32.9. The Kier molecular flexibility index (Phi) is 11.9. The number of pyridine rings is 2. The van der Waals surface area contributed by atoms with E-state index in [0.717, 1.165) is 74.5 Å². The Bertz CT molecular complexity index is 2320. The third kappa shape index (κ3) is 8.69. The summed E-state index contributed by atoms with van der Waals surface area (Å²) in [6.07, 6.45) is 14.7. The lowest BCUT2D eigenvalue weighted by Gasteiger charge is -2.35. The quantitative estimate of drug-likeness (QED) is 0.107. The zero-order valence-electron chi connectivity index (χ0n) is 31.4. The molecule has 1 aliphatic carbocycles. The van der Waals surface area contributed by atoms with Crippen LogP contribution in [0.4, 0.5) is 20.4 Å². The molecule has 2 aliphatic heterocycles. The second-order valence-corrected chi connectivity index (χ2v) is 15.1. The molecule has 1 saturated carbocycles. The highest BCUT2D eigenvalue weighted by atomic mass is 35.5. The number of H-pyrrole nitrogens is 2. The van der Waals surface area contributed by atoms with Crippen LogP contribution in [-0.4, -0.2) is 88.9 Å². The molecule has 2 saturated heterocycles. The van der Waals surface area contributed by atoms with Gasteiger partial charge in [-0.25, -0.2) is 38.7 Å². The fourth-order valence-corrected chi connectivity index (χ4v) is 7.26. The van der Waals surface area contributed by atoms with Gasteiger partial charge in [-0.3, -0.25) is 4.79 Å². The molecule has 17 heteroatoms. The summed E-state index contributed by atoms with van der Waals surface area (Å²) < 4.78 is 28.6. The first-order chi connectivity index (χ1) is 27.1. The van der Waals surface area contributed by atoms with Crippen molar-refractivity contribution in [2.45, 2.75) is 71.4 Å². The van der Waals surface area contributed by atoms with Crippen LogP contribution >= 0.6 is 23.2 Å². The van der Waals surface area contributed by atoms with Gasteiger partial charge in [-0.15, -0.1) is 0 Å². The van der Waals surface area contributed by atoms with E-state index in [1.54, 1.807) is 36.9 Å². The number of hydrogen-bond donors (Lipinski definition) is 5. The van der Waals surface area contributed by atoms with Crippen LogP contribution in [0, 0.1) is 17.0 Å². The number of piperidine rings is 2. The highest BCUT2D eigenvalue weighted by molar-refractivity contribution is 6.31. The SMILES string of the molecule is CC.CC1(C(=O)N2CCC[C@H](Nc3nc(-c4c[nH]c5ncc(Cl)cc45)ncc3F)C2)CC1.Fc1cnc(-c2c[nH]c3ncc(Cl)cc23)nc1N[C@H]1CCCNC1. The minimum Gasteiger partial charge on any atom is -0.364 e. The second-order valence-electron chi connectivity index (χ2n) is 14.3. The van der Waals surface area contributed by atoms with Crippen LogP contribution in [0.15, 0.2) is 49.3 Å². The van der Waals surface area contributed by atoms with Crippen molar-refractivity contribution in [3.05, 3.63) is 71.0 Å². The number of amides is 1. The van der Waals surface area contributed by atoms with Crippen LogP contribution in [0.2, 0.25) is 10.0 Å². The van der Waals surface area contributed by atoms with Gasteiger partial charge >= 0.3 is 0 Å². The number of carbonyl (C=O) groups is 1. The Morgan fingerprint density at radius 3 is 1.86 bits per heavy atom. The standard InChI is InChI=1S/C21H22ClFN6O.C16H16ClFN6.C2H6/c1-21(4-5-21)20(30)29-6-2-3-13(11-29)27-19-16(23)10-26-18(28-19)15-9-25-17-14(15)7-12(22)8-24-17;17-9-4-11-12(7-21-14(11)20-5-9)15-22-8-13(18)16(24-15)23-10-2-1-3-19-6-10;1-2/h7-10,13H,2-6,11H2,1H3,(H,24,25)(H,26,27,28);4-5,7-8,10,19H,1-3,6H2,(H,20,21)(H,22,23,24);1-2H3/t13-;10-;/m00./s1. The maximum atomic E-state index is 14.5. The Hall–Kier alpha value is -4.99. The normalized spacial score (nSPS) is 18.7. The van der Waals surface area contributed by atoms with Crippen LogP contribution in [0.3, 0.4) is 0 Å². The second kappa shape index (κ2) is 17.0. The lowest BCUT2D eigenvalue weighted by molar-refractivity contribution is -0.137. The number of aromatic amines is 2. The van der Waals surface area contributed by atoms with Gasteiger partial charge in [0, 0.05) is 83.8 Å². The van der Waals surface area contributed by atoms with E-state index in [2.05, 4.69) is 55.8 Å². The average Bonchev–Trinajstić information content (AvgIpc) is 3.62. The molecule has 294 valence electrons. The summed E-state index contributed by atoms with van der Waals surface area (Å²) >= 11 is 12.1. The summed E-state index contributed by atoms with van der Waals surface area (Å²) in [5, 5.41) is 12.3. The van der Waals surface area contributed by atoms with E-state index in [4.69, 9.17) is 23.2 Å². The molecular formula is C39H44Cl2F2N12O. The summed E-state index contributed by atoms with van der Waals surface area (Å²) in [5.41, 5.74) is 2.59. The van der Waals surface area contributed by atoms with Crippen molar-refractivity contribution in [2.75, 3.05) is 36.8 Å². The molecule has 6 aromatic rings. The number of aromatic nitrogens is 8. The minimum atomic E-state index is -0.521. The van der Waals surface area contributed by atoms with Crippen molar-refractivity contribution >= 4 is 62.8 Å². The summed E-state index contributed by atoms with van der Waals surface area (Å²) in [5.74, 6) is 0.398. The average molecular weight is 806 g/mol. The van der Waals surface area contributed by atoms with E-state index >= 15 is 0 Å². The van der Waals surface area contributed by atoms with Crippen LogP contribution in [0.25, 0.3) is 44.8 Å². The van der Waals surface area contributed by atoms with Gasteiger partial charge in [0.25, 0.3) is 0 Å². The third-order valence-electron chi connectivity index (χ3n) is 10.2. The molecule has 56 heavy (non-hydrogen) atoms. The van der Waals surface area contributed by atoms with Crippen LogP contribution in [-0.2, 0) is 4.79 Å². The predicted molar refractivity (Wildman–Crippen MR) is 216 cm³/mol. The molecule has 0 radical (unpaired) electrons. The topological polar surface area (TPSA) is 165 Å². The maximum absolute atomic E-state index is 14.5. The summed E-state index contributed by atoms with van der Waals surface area (Å²) in [6.45, 7) is 9.13. The number of likely N-dealkylation sites (tertiary alicyclic amines) is 1. The summed E-state index contributed by atoms with van der Waals surface area (Å²) in [7, 11) is 0. The molecule has 2 atom stereocenters. The molecule has 0 aromatic carbocycles.